The minimum absolute atomic E-state index is 0.668. The predicted molar refractivity (Wildman–Crippen MR) is 60.4 cm³/mol. The summed E-state index contributed by atoms with van der Waals surface area (Å²) in [6, 6.07) is 11.3. The first-order valence-corrected chi connectivity index (χ1v) is 5.02. The van der Waals surface area contributed by atoms with Crippen LogP contribution in [-0.4, -0.2) is 10.9 Å². The van der Waals surface area contributed by atoms with Gasteiger partial charge in [0, 0.05) is 17.8 Å². The van der Waals surface area contributed by atoms with E-state index in [-0.39, 0.29) is 0 Å². The third kappa shape index (κ3) is 2.28. The van der Waals surface area contributed by atoms with Gasteiger partial charge in [0.15, 0.2) is 6.29 Å². The highest BCUT2D eigenvalue weighted by Gasteiger charge is 2.00. The van der Waals surface area contributed by atoms with Crippen molar-refractivity contribution in [1.29, 1.82) is 0 Å². The quantitative estimate of drug-likeness (QED) is 0.728. The van der Waals surface area contributed by atoms with Gasteiger partial charge >= 0.3 is 0 Å². The van der Waals surface area contributed by atoms with Gasteiger partial charge in [-0.25, -0.2) is 0 Å². The van der Waals surface area contributed by atoms with Crippen molar-refractivity contribution in [3.63, 3.8) is 0 Å². The number of benzene rings is 1. The molecule has 0 aliphatic heterocycles. The highest BCUT2D eigenvalue weighted by molar-refractivity contribution is 6.30. The summed E-state index contributed by atoms with van der Waals surface area (Å²) in [6.45, 7) is 0.668. The summed E-state index contributed by atoms with van der Waals surface area (Å²) in [4.78, 5) is 10.7. The fraction of sp³-hybridized carbons (Fsp3) is 0.0833. The van der Waals surface area contributed by atoms with Crippen LogP contribution in [0.1, 0.15) is 16.1 Å². The van der Waals surface area contributed by atoms with E-state index in [0.29, 0.717) is 17.3 Å². The number of carbonyl (C=O) groups excluding carboxylic acids is 1. The van der Waals surface area contributed by atoms with Crippen LogP contribution in [0.3, 0.4) is 0 Å². The summed E-state index contributed by atoms with van der Waals surface area (Å²) in [5.74, 6) is 0. The van der Waals surface area contributed by atoms with E-state index < -0.39 is 0 Å². The Hall–Kier alpha value is -1.54. The van der Waals surface area contributed by atoms with Gasteiger partial charge in [-0.1, -0.05) is 23.7 Å². The molecular formula is C12H10ClNO. The molecule has 1 aromatic heterocycles. The van der Waals surface area contributed by atoms with Crippen molar-refractivity contribution < 1.29 is 4.79 Å². The molecule has 3 heteroatoms. The predicted octanol–water partition coefficient (Wildman–Crippen LogP) is 3.00. The number of nitrogens with zero attached hydrogens (tertiary/aromatic N) is 1. The molecular weight excluding hydrogens is 210 g/mol. The molecule has 1 aromatic carbocycles. The van der Waals surface area contributed by atoms with E-state index in [1.165, 1.54) is 0 Å². The molecule has 2 nitrogen and oxygen atoms in total. The van der Waals surface area contributed by atoms with E-state index in [4.69, 9.17) is 11.6 Å². The molecule has 0 fully saturated rings. The zero-order valence-electron chi connectivity index (χ0n) is 8.06. The standard InChI is InChI=1S/C12H10ClNO/c13-11-4-1-3-10(7-11)8-14-6-2-5-12(14)9-15/h1-7,9H,8H2. The Kier molecular flexibility index (Phi) is 2.88. The second-order valence-electron chi connectivity index (χ2n) is 3.31. The van der Waals surface area contributed by atoms with Gasteiger partial charge in [0.25, 0.3) is 0 Å². The van der Waals surface area contributed by atoms with E-state index in [1.54, 1.807) is 6.07 Å². The van der Waals surface area contributed by atoms with Crippen molar-refractivity contribution >= 4 is 17.9 Å². The molecule has 0 aliphatic carbocycles. The molecule has 0 unspecified atom stereocenters. The first kappa shape index (κ1) is 9.99. The van der Waals surface area contributed by atoms with Crippen LogP contribution in [0.5, 0.6) is 0 Å². The molecule has 2 aromatic rings. The van der Waals surface area contributed by atoms with Crippen LogP contribution in [0.4, 0.5) is 0 Å². The minimum Gasteiger partial charge on any atom is -0.341 e. The Labute approximate surface area is 93.1 Å². The van der Waals surface area contributed by atoms with Crippen LogP contribution < -0.4 is 0 Å². The Morgan fingerprint density at radius 1 is 1.27 bits per heavy atom. The van der Waals surface area contributed by atoms with Gasteiger partial charge < -0.3 is 4.57 Å². The van der Waals surface area contributed by atoms with Gasteiger partial charge in [-0.05, 0) is 29.8 Å². The van der Waals surface area contributed by atoms with Gasteiger partial charge in [0.1, 0.15) is 0 Å². The van der Waals surface area contributed by atoms with Crippen molar-refractivity contribution in [1.82, 2.24) is 4.57 Å². The topological polar surface area (TPSA) is 22.0 Å². The number of carbonyl (C=O) groups is 1. The zero-order valence-corrected chi connectivity index (χ0v) is 8.82. The van der Waals surface area contributed by atoms with Crippen molar-refractivity contribution in [2.45, 2.75) is 6.54 Å². The molecule has 0 atom stereocenters. The van der Waals surface area contributed by atoms with E-state index in [2.05, 4.69) is 0 Å². The number of rotatable bonds is 3. The summed E-state index contributed by atoms with van der Waals surface area (Å²) in [6.07, 6.45) is 2.73. The van der Waals surface area contributed by atoms with Crippen LogP contribution in [-0.2, 0) is 6.54 Å². The Morgan fingerprint density at radius 2 is 2.13 bits per heavy atom. The molecule has 0 aliphatic rings. The van der Waals surface area contributed by atoms with Crippen LogP contribution in [0.25, 0.3) is 0 Å². The average molecular weight is 220 g/mol. The number of halogens is 1. The minimum atomic E-state index is 0.668. The van der Waals surface area contributed by atoms with E-state index in [9.17, 15) is 4.79 Å². The molecule has 0 radical (unpaired) electrons. The average Bonchev–Trinajstić information content (AvgIpc) is 2.65. The highest BCUT2D eigenvalue weighted by Crippen LogP contribution is 2.12. The Bertz CT molecular complexity index is 476. The second kappa shape index (κ2) is 4.32. The maximum Gasteiger partial charge on any atom is 0.166 e. The Balaban J connectivity index is 2.25. The molecule has 76 valence electrons. The van der Waals surface area contributed by atoms with Gasteiger partial charge in [-0.3, -0.25) is 4.79 Å². The second-order valence-corrected chi connectivity index (χ2v) is 3.75. The van der Waals surface area contributed by atoms with E-state index >= 15 is 0 Å². The van der Waals surface area contributed by atoms with Crippen molar-refractivity contribution in [3.8, 4) is 0 Å². The van der Waals surface area contributed by atoms with Crippen LogP contribution in [0.15, 0.2) is 42.6 Å². The van der Waals surface area contributed by atoms with Crippen LogP contribution in [0.2, 0.25) is 5.02 Å². The third-order valence-corrected chi connectivity index (χ3v) is 2.46. The normalized spacial score (nSPS) is 10.2. The maximum atomic E-state index is 10.7. The highest BCUT2D eigenvalue weighted by atomic mass is 35.5. The fourth-order valence-corrected chi connectivity index (χ4v) is 1.72. The monoisotopic (exact) mass is 219 g/mol. The Morgan fingerprint density at radius 3 is 2.87 bits per heavy atom. The van der Waals surface area contributed by atoms with Gasteiger partial charge in [-0.15, -0.1) is 0 Å². The number of aromatic nitrogens is 1. The van der Waals surface area contributed by atoms with Gasteiger partial charge in [0.2, 0.25) is 0 Å². The summed E-state index contributed by atoms with van der Waals surface area (Å²) in [5.41, 5.74) is 1.76. The lowest BCUT2D eigenvalue weighted by Gasteiger charge is -2.05. The lowest BCUT2D eigenvalue weighted by molar-refractivity contribution is 0.111. The van der Waals surface area contributed by atoms with Crippen molar-refractivity contribution in [2.75, 3.05) is 0 Å². The summed E-state index contributed by atoms with van der Waals surface area (Å²) < 4.78 is 1.89. The van der Waals surface area contributed by atoms with E-state index in [0.717, 1.165) is 11.8 Å². The van der Waals surface area contributed by atoms with Gasteiger partial charge in [-0.2, -0.15) is 0 Å². The molecule has 0 amide bonds. The third-order valence-electron chi connectivity index (χ3n) is 2.23. The molecule has 1 heterocycles. The molecule has 0 saturated carbocycles. The number of aldehydes is 1. The summed E-state index contributed by atoms with van der Waals surface area (Å²) >= 11 is 5.88. The smallest absolute Gasteiger partial charge is 0.166 e. The SMILES string of the molecule is O=Cc1cccn1Cc1cccc(Cl)c1. The maximum absolute atomic E-state index is 10.7. The zero-order chi connectivity index (χ0) is 10.7. The van der Waals surface area contributed by atoms with E-state index in [1.807, 2.05) is 41.1 Å². The molecule has 2 rings (SSSR count). The molecule has 0 N–H and O–H groups in total. The first-order valence-electron chi connectivity index (χ1n) is 4.64. The lowest BCUT2D eigenvalue weighted by Crippen LogP contribution is -2.01. The molecule has 0 saturated heterocycles. The summed E-state index contributed by atoms with van der Waals surface area (Å²) in [7, 11) is 0. The van der Waals surface area contributed by atoms with Crippen molar-refractivity contribution in [2.24, 2.45) is 0 Å². The van der Waals surface area contributed by atoms with Gasteiger partial charge in [0.05, 0.1) is 5.69 Å². The number of hydrogen-bond donors (Lipinski definition) is 0. The van der Waals surface area contributed by atoms with Crippen LogP contribution >= 0.6 is 11.6 Å². The molecule has 0 bridgehead atoms. The molecule has 0 spiro atoms. The molecule has 15 heavy (non-hydrogen) atoms. The summed E-state index contributed by atoms with van der Waals surface area (Å²) in [5, 5.41) is 0.715. The first-order chi connectivity index (χ1) is 7.29. The van der Waals surface area contributed by atoms with Crippen molar-refractivity contribution in [3.05, 3.63) is 58.9 Å². The fourth-order valence-electron chi connectivity index (χ4n) is 1.51. The lowest BCUT2D eigenvalue weighted by atomic mass is 10.2. The largest absolute Gasteiger partial charge is 0.341 e. The number of hydrogen-bond acceptors (Lipinski definition) is 1. The van der Waals surface area contributed by atoms with Crippen LogP contribution in [0, 0.1) is 0 Å².